The average molecular weight is 194 g/mol. The van der Waals surface area contributed by atoms with Gasteiger partial charge in [-0.2, -0.15) is 0 Å². The van der Waals surface area contributed by atoms with Crippen molar-refractivity contribution < 1.29 is 0 Å². The van der Waals surface area contributed by atoms with Crippen LogP contribution in [-0.4, -0.2) is 11.1 Å². The van der Waals surface area contributed by atoms with Gasteiger partial charge >= 0.3 is 0 Å². The molecule has 0 spiro atoms. The lowest BCUT2D eigenvalue weighted by Crippen LogP contribution is -2.21. The van der Waals surface area contributed by atoms with E-state index < -0.39 is 0 Å². The second kappa shape index (κ2) is 4.33. The molecular weight excluding hydrogens is 180 g/mol. The number of amidine groups is 1. The van der Waals surface area contributed by atoms with E-state index in [2.05, 4.69) is 19.1 Å². The van der Waals surface area contributed by atoms with Crippen molar-refractivity contribution in [3.63, 3.8) is 0 Å². The van der Waals surface area contributed by atoms with Crippen molar-refractivity contribution in [2.75, 3.05) is 0 Å². The molecule has 0 aliphatic carbocycles. The van der Waals surface area contributed by atoms with Crippen LogP contribution in [0.2, 0.25) is 0 Å². The highest BCUT2D eigenvalue weighted by Gasteiger charge is 2.07. The number of aryl methyl sites for hydroxylation is 1. The van der Waals surface area contributed by atoms with Crippen LogP contribution in [0.15, 0.2) is 29.2 Å². The zero-order chi connectivity index (χ0) is 9.84. The molecule has 1 unspecified atom stereocenters. The van der Waals surface area contributed by atoms with Gasteiger partial charge in [0, 0.05) is 4.90 Å². The Bertz CT molecular complexity index is 310. The second-order valence-electron chi connectivity index (χ2n) is 2.98. The lowest BCUT2D eigenvalue weighted by Gasteiger charge is -2.10. The summed E-state index contributed by atoms with van der Waals surface area (Å²) in [7, 11) is 0. The maximum Gasteiger partial charge on any atom is 0.104 e. The fourth-order valence-electron chi connectivity index (χ4n) is 0.943. The SMILES string of the molecule is Cc1ccccc1SC(C)C(=N)N. The number of benzene rings is 1. The third kappa shape index (κ3) is 2.77. The van der Waals surface area contributed by atoms with E-state index in [-0.39, 0.29) is 11.1 Å². The number of thioether (sulfide) groups is 1. The van der Waals surface area contributed by atoms with Gasteiger partial charge in [-0.05, 0) is 25.5 Å². The highest BCUT2D eigenvalue weighted by atomic mass is 32.2. The number of hydrogen-bond acceptors (Lipinski definition) is 2. The third-order valence-electron chi connectivity index (χ3n) is 1.84. The summed E-state index contributed by atoms with van der Waals surface area (Å²) in [5, 5.41) is 7.33. The molecule has 0 fully saturated rings. The fourth-order valence-corrected chi connectivity index (χ4v) is 1.86. The quantitative estimate of drug-likeness (QED) is 0.441. The van der Waals surface area contributed by atoms with Gasteiger partial charge in [-0.1, -0.05) is 18.2 Å². The number of nitrogens with one attached hydrogen (secondary N) is 1. The Kier molecular flexibility index (Phi) is 3.37. The van der Waals surface area contributed by atoms with Crippen LogP contribution in [0.5, 0.6) is 0 Å². The highest BCUT2D eigenvalue weighted by Crippen LogP contribution is 2.25. The predicted octanol–water partition coefficient (Wildman–Crippen LogP) is 2.41. The lowest BCUT2D eigenvalue weighted by molar-refractivity contribution is 1.21. The van der Waals surface area contributed by atoms with E-state index in [9.17, 15) is 0 Å². The van der Waals surface area contributed by atoms with E-state index in [1.165, 1.54) is 10.5 Å². The van der Waals surface area contributed by atoms with Gasteiger partial charge in [-0.3, -0.25) is 5.41 Å². The summed E-state index contributed by atoms with van der Waals surface area (Å²) in [5.74, 6) is 0.230. The molecule has 2 nitrogen and oxygen atoms in total. The first-order chi connectivity index (χ1) is 6.11. The summed E-state index contributed by atoms with van der Waals surface area (Å²) in [4.78, 5) is 1.20. The highest BCUT2D eigenvalue weighted by molar-refractivity contribution is 8.00. The Morgan fingerprint density at radius 2 is 2.08 bits per heavy atom. The van der Waals surface area contributed by atoms with Crippen LogP contribution in [0.4, 0.5) is 0 Å². The van der Waals surface area contributed by atoms with E-state index in [0.29, 0.717) is 0 Å². The van der Waals surface area contributed by atoms with Crippen LogP contribution in [0, 0.1) is 12.3 Å². The standard InChI is InChI=1S/C10H14N2S/c1-7-5-3-4-6-9(7)13-8(2)10(11)12/h3-6,8H,1-2H3,(H3,11,12). The largest absolute Gasteiger partial charge is 0.387 e. The molecule has 1 rings (SSSR count). The van der Waals surface area contributed by atoms with Gasteiger partial charge in [0.15, 0.2) is 0 Å². The van der Waals surface area contributed by atoms with E-state index >= 15 is 0 Å². The third-order valence-corrected chi connectivity index (χ3v) is 3.15. The van der Waals surface area contributed by atoms with Crippen molar-refractivity contribution in [3.05, 3.63) is 29.8 Å². The van der Waals surface area contributed by atoms with E-state index in [4.69, 9.17) is 11.1 Å². The van der Waals surface area contributed by atoms with E-state index in [0.717, 1.165) is 0 Å². The summed E-state index contributed by atoms with van der Waals surface area (Å²) >= 11 is 1.63. The van der Waals surface area contributed by atoms with Gasteiger partial charge in [-0.15, -0.1) is 11.8 Å². The Morgan fingerprint density at radius 1 is 1.46 bits per heavy atom. The number of hydrogen-bond donors (Lipinski definition) is 2. The first-order valence-corrected chi connectivity index (χ1v) is 5.05. The van der Waals surface area contributed by atoms with Crippen molar-refractivity contribution in [1.29, 1.82) is 5.41 Å². The zero-order valence-electron chi connectivity index (χ0n) is 7.87. The molecule has 70 valence electrons. The Labute approximate surface area is 83.0 Å². The molecule has 0 amide bonds. The molecule has 1 aromatic rings. The monoisotopic (exact) mass is 194 g/mol. The maximum absolute atomic E-state index is 7.28. The van der Waals surface area contributed by atoms with Gasteiger partial charge in [-0.25, -0.2) is 0 Å². The second-order valence-corrected chi connectivity index (χ2v) is 4.36. The van der Waals surface area contributed by atoms with Crippen LogP contribution in [0.1, 0.15) is 12.5 Å². The molecule has 0 radical (unpaired) electrons. The molecule has 3 N–H and O–H groups in total. The molecule has 0 saturated heterocycles. The summed E-state index contributed by atoms with van der Waals surface area (Å²) in [6.45, 7) is 4.01. The minimum Gasteiger partial charge on any atom is -0.387 e. The van der Waals surface area contributed by atoms with Crippen molar-refractivity contribution in [1.82, 2.24) is 0 Å². The number of rotatable bonds is 3. The zero-order valence-corrected chi connectivity index (χ0v) is 8.69. The topological polar surface area (TPSA) is 49.9 Å². The summed E-state index contributed by atoms with van der Waals surface area (Å²) < 4.78 is 0. The maximum atomic E-state index is 7.28. The van der Waals surface area contributed by atoms with Crippen LogP contribution < -0.4 is 5.73 Å². The first-order valence-electron chi connectivity index (χ1n) is 4.17. The lowest BCUT2D eigenvalue weighted by atomic mass is 10.2. The molecule has 0 aliphatic heterocycles. The predicted molar refractivity (Wildman–Crippen MR) is 58.4 cm³/mol. The van der Waals surface area contributed by atoms with Gasteiger partial charge < -0.3 is 5.73 Å². The summed E-state index contributed by atoms with van der Waals surface area (Å²) in [6.07, 6.45) is 0. The van der Waals surface area contributed by atoms with Crippen molar-refractivity contribution in [2.45, 2.75) is 24.0 Å². The van der Waals surface area contributed by atoms with E-state index in [1.807, 2.05) is 19.1 Å². The van der Waals surface area contributed by atoms with Crippen LogP contribution in [0.25, 0.3) is 0 Å². The molecular formula is C10H14N2S. The van der Waals surface area contributed by atoms with Crippen molar-refractivity contribution in [3.8, 4) is 0 Å². The van der Waals surface area contributed by atoms with Gasteiger partial charge in [0.2, 0.25) is 0 Å². The van der Waals surface area contributed by atoms with Crippen molar-refractivity contribution >= 4 is 17.6 Å². The molecule has 13 heavy (non-hydrogen) atoms. The van der Waals surface area contributed by atoms with Gasteiger partial charge in [0.25, 0.3) is 0 Å². The molecule has 0 aliphatic rings. The fraction of sp³-hybridized carbons (Fsp3) is 0.300. The van der Waals surface area contributed by atoms with Gasteiger partial charge in [0.05, 0.1) is 5.25 Å². The van der Waals surface area contributed by atoms with Gasteiger partial charge in [0.1, 0.15) is 5.84 Å². The Hall–Kier alpha value is -0.960. The van der Waals surface area contributed by atoms with Crippen molar-refractivity contribution in [2.24, 2.45) is 5.73 Å². The first kappa shape index (κ1) is 10.1. The van der Waals surface area contributed by atoms with Crippen LogP contribution in [0.3, 0.4) is 0 Å². The molecule has 1 atom stereocenters. The van der Waals surface area contributed by atoms with Crippen LogP contribution in [-0.2, 0) is 0 Å². The normalized spacial score (nSPS) is 12.5. The molecule has 0 saturated carbocycles. The summed E-state index contributed by atoms with van der Waals surface area (Å²) in [5.41, 5.74) is 6.63. The molecule has 3 heteroatoms. The minimum absolute atomic E-state index is 0.0566. The average Bonchev–Trinajstić information content (AvgIpc) is 2.08. The molecule has 0 bridgehead atoms. The number of nitrogens with two attached hydrogens (primary N) is 1. The summed E-state index contributed by atoms with van der Waals surface area (Å²) in [6, 6.07) is 8.13. The van der Waals surface area contributed by atoms with Crippen LogP contribution >= 0.6 is 11.8 Å². The smallest absolute Gasteiger partial charge is 0.104 e. The van der Waals surface area contributed by atoms with E-state index in [1.54, 1.807) is 11.8 Å². The Morgan fingerprint density at radius 3 is 2.62 bits per heavy atom. The Balaban J connectivity index is 2.74. The molecule has 0 heterocycles. The molecule has 1 aromatic carbocycles. The minimum atomic E-state index is 0.0566. The molecule has 0 aromatic heterocycles.